The van der Waals surface area contributed by atoms with Crippen LogP contribution in [0, 0.1) is 0 Å². The van der Waals surface area contributed by atoms with Gasteiger partial charge in [0.15, 0.2) is 11.5 Å². The number of carbonyl (C=O) groups is 1. The van der Waals surface area contributed by atoms with Gasteiger partial charge < -0.3 is 14.8 Å². The van der Waals surface area contributed by atoms with Crippen LogP contribution in [-0.2, 0) is 19.4 Å². The van der Waals surface area contributed by atoms with Crippen LogP contribution >= 0.6 is 11.3 Å². The Bertz CT molecular complexity index is 1110. The Morgan fingerprint density at radius 2 is 1.90 bits per heavy atom. The number of rotatable bonds is 5. The number of aryl methyl sites for hydroxylation is 1. The number of hydrogen-bond donors (Lipinski definition) is 1. The van der Waals surface area contributed by atoms with Gasteiger partial charge in [-0.15, -0.1) is 11.3 Å². The summed E-state index contributed by atoms with van der Waals surface area (Å²) in [6.07, 6.45) is 6.06. The van der Waals surface area contributed by atoms with E-state index < -0.39 is 0 Å². The lowest BCUT2D eigenvalue weighted by Gasteiger charge is -2.12. The predicted molar refractivity (Wildman–Crippen MR) is 118 cm³/mol. The number of thiophene rings is 1. The van der Waals surface area contributed by atoms with Crippen LogP contribution in [0.25, 0.3) is 0 Å². The van der Waals surface area contributed by atoms with Gasteiger partial charge in [0.2, 0.25) is 6.79 Å². The fourth-order valence-corrected chi connectivity index (χ4v) is 5.10. The fourth-order valence-electron chi connectivity index (χ4n) is 3.87. The lowest BCUT2D eigenvalue weighted by atomic mass is 9.95. The highest BCUT2D eigenvalue weighted by molar-refractivity contribution is 7.16. The van der Waals surface area contributed by atoms with E-state index in [1.54, 1.807) is 17.6 Å². The zero-order chi connectivity index (χ0) is 20.3. The largest absolute Gasteiger partial charge is 0.454 e. The quantitative estimate of drug-likeness (QED) is 0.591. The van der Waals surface area contributed by atoms with Crippen LogP contribution in [0.2, 0.25) is 0 Å². The molecule has 30 heavy (non-hydrogen) atoms. The molecule has 0 spiro atoms. The Morgan fingerprint density at radius 3 is 2.80 bits per heavy atom. The molecule has 2 heterocycles. The number of nitrogens with one attached hydrogen (secondary N) is 1. The second-order valence-electron chi connectivity index (χ2n) is 7.43. The number of benzene rings is 2. The number of fused-ring (bicyclic) bond motifs is 2. The first-order valence-corrected chi connectivity index (χ1v) is 11.0. The molecule has 0 saturated carbocycles. The molecule has 1 aromatic heterocycles. The first-order chi connectivity index (χ1) is 14.8. The molecular formula is C24H22N2O3S. The maximum Gasteiger partial charge on any atom is 0.254 e. The van der Waals surface area contributed by atoms with Crippen LogP contribution in [0.1, 0.15) is 44.8 Å². The lowest BCUT2D eigenvalue weighted by Crippen LogP contribution is -2.24. The van der Waals surface area contributed by atoms with Crippen molar-refractivity contribution in [3.8, 4) is 11.5 Å². The van der Waals surface area contributed by atoms with E-state index >= 15 is 0 Å². The maximum absolute atomic E-state index is 13.1. The zero-order valence-corrected chi connectivity index (χ0v) is 17.3. The maximum atomic E-state index is 13.1. The van der Waals surface area contributed by atoms with Gasteiger partial charge in [0, 0.05) is 17.6 Å². The van der Waals surface area contributed by atoms with Crippen LogP contribution in [0.5, 0.6) is 11.5 Å². The third-order valence-corrected chi connectivity index (χ3v) is 6.60. The van der Waals surface area contributed by atoms with Crippen molar-refractivity contribution in [1.82, 2.24) is 5.32 Å². The number of ether oxygens (including phenoxy) is 2. The zero-order valence-electron chi connectivity index (χ0n) is 16.5. The second-order valence-corrected chi connectivity index (χ2v) is 8.51. The molecule has 152 valence electrons. The fraction of sp³-hybridized carbons (Fsp3) is 0.250. The number of hydrogen-bond acceptors (Lipinski definition) is 5. The summed E-state index contributed by atoms with van der Waals surface area (Å²) in [5.74, 6) is 1.43. The Morgan fingerprint density at radius 1 is 1.07 bits per heavy atom. The number of amides is 1. The smallest absolute Gasteiger partial charge is 0.254 e. The average molecular weight is 419 g/mol. The van der Waals surface area contributed by atoms with E-state index in [1.165, 1.54) is 16.9 Å². The van der Waals surface area contributed by atoms with Gasteiger partial charge in [0.25, 0.3) is 5.91 Å². The molecular weight excluding hydrogens is 396 g/mol. The van der Waals surface area contributed by atoms with Gasteiger partial charge in [0.1, 0.15) is 5.00 Å². The first-order valence-electron chi connectivity index (χ1n) is 10.2. The van der Waals surface area contributed by atoms with Gasteiger partial charge in [-0.2, -0.15) is 0 Å². The molecule has 0 fully saturated rings. The summed E-state index contributed by atoms with van der Waals surface area (Å²) >= 11 is 1.64. The molecule has 0 unspecified atom stereocenters. The van der Waals surface area contributed by atoms with Gasteiger partial charge in [-0.05, 0) is 60.6 Å². The van der Waals surface area contributed by atoms with Crippen LogP contribution in [-0.4, -0.2) is 18.9 Å². The summed E-state index contributed by atoms with van der Waals surface area (Å²) in [5, 5.41) is 3.86. The molecule has 0 saturated heterocycles. The Labute approximate surface area is 179 Å². The molecule has 0 bridgehead atoms. The SMILES string of the molecule is O=C(NCc1ccccc1)c1c(/N=C\c2ccc3c(c2)OCO3)sc2c1CCCC2. The lowest BCUT2D eigenvalue weighted by molar-refractivity contribution is 0.0951. The standard InChI is InChI=1S/C24H22N2O3S/c27-23(25-13-16-6-2-1-3-7-16)22-18-8-4-5-9-21(18)30-24(22)26-14-17-10-11-19-20(12-17)29-15-28-19/h1-3,6-7,10-12,14H,4-5,8-9,13,15H2,(H,25,27)/b26-14-. The molecule has 1 N–H and O–H groups in total. The van der Waals surface area contributed by atoms with Crippen LogP contribution in [0.15, 0.2) is 53.5 Å². The van der Waals surface area contributed by atoms with Crippen molar-refractivity contribution in [3.63, 3.8) is 0 Å². The second kappa shape index (κ2) is 8.32. The van der Waals surface area contributed by atoms with Gasteiger partial charge in [0.05, 0.1) is 5.56 Å². The summed E-state index contributed by atoms with van der Waals surface area (Å²) in [4.78, 5) is 19.1. The van der Waals surface area contributed by atoms with Crippen molar-refractivity contribution in [2.45, 2.75) is 32.2 Å². The summed E-state index contributed by atoms with van der Waals surface area (Å²) in [7, 11) is 0. The third-order valence-electron chi connectivity index (χ3n) is 5.40. The first kappa shape index (κ1) is 18.9. The molecule has 1 aliphatic heterocycles. The molecule has 0 radical (unpaired) electrons. The van der Waals surface area contributed by atoms with Gasteiger partial charge in [-0.1, -0.05) is 30.3 Å². The number of aliphatic imine (C=N–C) groups is 1. The highest BCUT2D eigenvalue weighted by Gasteiger charge is 2.25. The summed E-state index contributed by atoms with van der Waals surface area (Å²) in [6.45, 7) is 0.759. The molecule has 1 amide bonds. The average Bonchev–Trinajstić information content (AvgIpc) is 3.40. The summed E-state index contributed by atoms with van der Waals surface area (Å²) in [5.41, 5.74) is 3.92. The van der Waals surface area contributed by atoms with Crippen LogP contribution in [0.4, 0.5) is 5.00 Å². The van der Waals surface area contributed by atoms with E-state index in [4.69, 9.17) is 14.5 Å². The molecule has 1 aliphatic carbocycles. The van der Waals surface area contributed by atoms with Gasteiger partial charge in [-0.3, -0.25) is 4.79 Å². The summed E-state index contributed by atoms with van der Waals surface area (Å²) < 4.78 is 10.8. The molecule has 0 atom stereocenters. The molecule has 2 aliphatic rings. The minimum Gasteiger partial charge on any atom is -0.454 e. The van der Waals surface area contributed by atoms with Crippen molar-refractivity contribution < 1.29 is 14.3 Å². The molecule has 6 heteroatoms. The number of nitrogens with zero attached hydrogens (tertiary/aromatic N) is 1. The van der Waals surface area contributed by atoms with E-state index in [0.717, 1.165) is 52.5 Å². The van der Waals surface area contributed by atoms with Crippen molar-refractivity contribution in [3.05, 3.63) is 75.7 Å². The van der Waals surface area contributed by atoms with Crippen molar-refractivity contribution in [2.75, 3.05) is 6.79 Å². The predicted octanol–water partition coefficient (Wildman–Crippen LogP) is 5.04. The molecule has 5 nitrogen and oxygen atoms in total. The van der Waals surface area contributed by atoms with Gasteiger partial charge >= 0.3 is 0 Å². The molecule has 3 aromatic rings. The molecule has 5 rings (SSSR count). The molecule has 2 aromatic carbocycles. The Hall–Kier alpha value is -3.12. The van der Waals surface area contributed by atoms with E-state index in [-0.39, 0.29) is 12.7 Å². The van der Waals surface area contributed by atoms with Crippen LogP contribution < -0.4 is 14.8 Å². The normalized spacial score (nSPS) is 14.7. The van der Waals surface area contributed by atoms with Crippen molar-refractivity contribution >= 4 is 28.5 Å². The highest BCUT2D eigenvalue weighted by atomic mass is 32.1. The topological polar surface area (TPSA) is 59.9 Å². The Balaban J connectivity index is 1.41. The van der Waals surface area contributed by atoms with Crippen molar-refractivity contribution in [2.24, 2.45) is 4.99 Å². The number of carbonyl (C=O) groups excluding carboxylic acids is 1. The minimum atomic E-state index is -0.0453. The van der Waals surface area contributed by atoms with Crippen LogP contribution in [0.3, 0.4) is 0 Å². The van der Waals surface area contributed by atoms with Crippen molar-refractivity contribution in [1.29, 1.82) is 0 Å². The van der Waals surface area contributed by atoms with E-state index in [2.05, 4.69) is 5.32 Å². The summed E-state index contributed by atoms with van der Waals surface area (Å²) in [6, 6.07) is 15.7. The van der Waals surface area contributed by atoms with E-state index in [1.807, 2.05) is 48.5 Å². The van der Waals surface area contributed by atoms with E-state index in [9.17, 15) is 4.79 Å². The van der Waals surface area contributed by atoms with E-state index in [0.29, 0.717) is 6.54 Å². The third kappa shape index (κ3) is 3.83. The minimum absolute atomic E-state index is 0.0453. The highest BCUT2D eigenvalue weighted by Crippen LogP contribution is 2.40. The monoisotopic (exact) mass is 418 g/mol. The Kier molecular flexibility index (Phi) is 5.24. The van der Waals surface area contributed by atoms with Gasteiger partial charge in [-0.25, -0.2) is 4.99 Å².